The minimum atomic E-state index is -0.990. The van der Waals surface area contributed by atoms with E-state index in [4.69, 9.17) is 5.11 Å². The van der Waals surface area contributed by atoms with Crippen LogP contribution < -0.4 is 0 Å². The molecule has 3 heteroatoms. The molecular formula is C10H17NO2. The average Bonchev–Trinajstić information content (AvgIpc) is 2.25. The SMILES string of the molecule is CC.CC.O=C(O)c1ccccn1. The Bertz CT molecular complexity index is 209. The van der Waals surface area contributed by atoms with Gasteiger partial charge in [-0.25, -0.2) is 9.78 Å². The summed E-state index contributed by atoms with van der Waals surface area (Å²) < 4.78 is 0. The Labute approximate surface area is 79.4 Å². The van der Waals surface area contributed by atoms with Crippen molar-refractivity contribution in [3.63, 3.8) is 0 Å². The van der Waals surface area contributed by atoms with E-state index in [2.05, 4.69) is 4.98 Å². The number of carboxylic acid groups (broad SMARTS) is 1. The molecule has 1 heterocycles. The van der Waals surface area contributed by atoms with E-state index in [1.165, 1.54) is 12.3 Å². The summed E-state index contributed by atoms with van der Waals surface area (Å²) in [6.07, 6.45) is 1.45. The van der Waals surface area contributed by atoms with Crippen molar-refractivity contribution in [2.75, 3.05) is 0 Å². The smallest absolute Gasteiger partial charge is 0.354 e. The highest BCUT2D eigenvalue weighted by atomic mass is 16.4. The second-order valence-electron chi connectivity index (χ2n) is 1.52. The molecule has 3 nitrogen and oxygen atoms in total. The third-order valence-electron chi connectivity index (χ3n) is 0.884. The first-order valence-corrected chi connectivity index (χ1v) is 4.45. The summed E-state index contributed by atoms with van der Waals surface area (Å²) in [6, 6.07) is 4.76. The molecule has 74 valence electrons. The lowest BCUT2D eigenvalue weighted by atomic mass is 10.4. The zero-order valence-electron chi connectivity index (χ0n) is 8.61. The molecule has 0 saturated heterocycles. The van der Waals surface area contributed by atoms with Gasteiger partial charge in [0.1, 0.15) is 5.69 Å². The highest BCUT2D eigenvalue weighted by Crippen LogP contribution is 1.90. The van der Waals surface area contributed by atoms with E-state index in [1.807, 2.05) is 27.7 Å². The van der Waals surface area contributed by atoms with Crippen molar-refractivity contribution in [2.45, 2.75) is 27.7 Å². The lowest BCUT2D eigenvalue weighted by Crippen LogP contribution is -1.97. The van der Waals surface area contributed by atoms with Crippen molar-refractivity contribution in [2.24, 2.45) is 0 Å². The molecule has 0 aliphatic rings. The lowest BCUT2D eigenvalue weighted by Gasteiger charge is -1.87. The first kappa shape index (κ1) is 14.2. The summed E-state index contributed by atoms with van der Waals surface area (Å²) >= 11 is 0. The standard InChI is InChI=1S/C6H5NO2.2C2H6/c8-6(9)5-3-1-2-4-7-5;2*1-2/h1-4H,(H,8,9);2*1-2H3. The van der Waals surface area contributed by atoms with E-state index in [0.717, 1.165) is 0 Å². The minimum absolute atomic E-state index is 0.0810. The largest absolute Gasteiger partial charge is 0.477 e. The van der Waals surface area contributed by atoms with Crippen LogP contribution in [0.4, 0.5) is 0 Å². The van der Waals surface area contributed by atoms with E-state index >= 15 is 0 Å². The molecule has 0 radical (unpaired) electrons. The fourth-order valence-corrected chi connectivity index (χ4v) is 0.489. The van der Waals surface area contributed by atoms with E-state index in [-0.39, 0.29) is 5.69 Å². The van der Waals surface area contributed by atoms with Crippen LogP contribution >= 0.6 is 0 Å². The van der Waals surface area contributed by atoms with E-state index in [1.54, 1.807) is 12.1 Å². The van der Waals surface area contributed by atoms with Gasteiger partial charge in [-0.05, 0) is 12.1 Å². The highest BCUT2D eigenvalue weighted by Gasteiger charge is 1.98. The fourth-order valence-electron chi connectivity index (χ4n) is 0.489. The second-order valence-corrected chi connectivity index (χ2v) is 1.52. The average molecular weight is 183 g/mol. The van der Waals surface area contributed by atoms with Gasteiger partial charge < -0.3 is 5.11 Å². The number of carbonyl (C=O) groups is 1. The third kappa shape index (κ3) is 7.00. The molecule has 1 aromatic rings. The van der Waals surface area contributed by atoms with Crippen LogP contribution in [0.15, 0.2) is 24.4 Å². The lowest BCUT2D eigenvalue weighted by molar-refractivity contribution is 0.0690. The Morgan fingerprint density at radius 1 is 1.23 bits per heavy atom. The maximum Gasteiger partial charge on any atom is 0.354 e. The maximum absolute atomic E-state index is 10.1. The monoisotopic (exact) mass is 183 g/mol. The van der Waals surface area contributed by atoms with Gasteiger partial charge in [0.2, 0.25) is 0 Å². The number of aromatic carboxylic acids is 1. The molecule has 0 amide bonds. The zero-order chi connectivity index (χ0) is 10.7. The van der Waals surface area contributed by atoms with Crippen LogP contribution in [0.1, 0.15) is 38.2 Å². The van der Waals surface area contributed by atoms with Crippen LogP contribution in [0.3, 0.4) is 0 Å². The molecule has 0 atom stereocenters. The second kappa shape index (κ2) is 10.6. The van der Waals surface area contributed by atoms with Gasteiger partial charge in [0.15, 0.2) is 0 Å². The van der Waals surface area contributed by atoms with Crippen molar-refractivity contribution >= 4 is 5.97 Å². The van der Waals surface area contributed by atoms with Crippen molar-refractivity contribution < 1.29 is 9.90 Å². The highest BCUT2D eigenvalue weighted by molar-refractivity contribution is 5.85. The molecule has 0 unspecified atom stereocenters. The van der Waals surface area contributed by atoms with Crippen molar-refractivity contribution in [3.8, 4) is 0 Å². The molecule has 0 bridgehead atoms. The third-order valence-corrected chi connectivity index (χ3v) is 0.884. The summed E-state index contributed by atoms with van der Waals surface area (Å²) in [5.74, 6) is -0.990. The number of hydrogen-bond donors (Lipinski definition) is 1. The molecule has 0 saturated carbocycles. The summed E-state index contributed by atoms with van der Waals surface area (Å²) in [4.78, 5) is 13.7. The van der Waals surface area contributed by atoms with Crippen molar-refractivity contribution in [3.05, 3.63) is 30.1 Å². The van der Waals surface area contributed by atoms with E-state index in [9.17, 15) is 4.79 Å². The summed E-state index contributed by atoms with van der Waals surface area (Å²) in [5.41, 5.74) is 0.0810. The van der Waals surface area contributed by atoms with Gasteiger partial charge in [-0.15, -0.1) is 0 Å². The number of pyridine rings is 1. The van der Waals surface area contributed by atoms with Crippen LogP contribution in [-0.4, -0.2) is 16.1 Å². The molecule has 1 rings (SSSR count). The zero-order valence-corrected chi connectivity index (χ0v) is 8.61. The normalized spacial score (nSPS) is 7.08. The number of nitrogens with zero attached hydrogens (tertiary/aromatic N) is 1. The molecule has 13 heavy (non-hydrogen) atoms. The Hall–Kier alpha value is -1.38. The van der Waals surface area contributed by atoms with Crippen LogP contribution in [0.2, 0.25) is 0 Å². The van der Waals surface area contributed by atoms with Crippen LogP contribution in [-0.2, 0) is 0 Å². The predicted molar refractivity (Wildman–Crippen MR) is 53.9 cm³/mol. The number of carboxylic acids is 1. The van der Waals surface area contributed by atoms with Crippen LogP contribution in [0, 0.1) is 0 Å². The van der Waals surface area contributed by atoms with E-state index < -0.39 is 5.97 Å². The van der Waals surface area contributed by atoms with Gasteiger partial charge in [-0.2, -0.15) is 0 Å². The summed E-state index contributed by atoms with van der Waals surface area (Å²) in [6.45, 7) is 8.00. The number of aromatic nitrogens is 1. The number of hydrogen-bond acceptors (Lipinski definition) is 2. The molecule has 1 aromatic heterocycles. The summed E-state index contributed by atoms with van der Waals surface area (Å²) in [7, 11) is 0. The van der Waals surface area contributed by atoms with Crippen molar-refractivity contribution in [1.29, 1.82) is 0 Å². The predicted octanol–water partition coefficient (Wildman–Crippen LogP) is 2.83. The Kier molecular flexibility index (Phi) is 11.6. The van der Waals surface area contributed by atoms with Gasteiger partial charge in [-0.3, -0.25) is 0 Å². The molecule has 0 fully saturated rings. The van der Waals surface area contributed by atoms with Crippen LogP contribution in [0.25, 0.3) is 0 Å². The first-order valence-electron chi connectivity index (χ1n) is 4.45. The summed E-state index contributed by atoms with van der Waals surface area (Å²) in [5, 5.41) is 8.32. The van der Waals surface area contributed by atoms with Crippen molar-refractivity contribution in [1.82, 2.24) is 4.98 Å². The van der Waals surface area contributed by atoms with Crippen LogP contribution in [0.5, 0.6) is 0 Å². The molecule has 0 spiro atoms. The van der Waals surface area contributed by atoms with Gasteiger partial charge >= 0.3 is 5.97 Å². The Morgan fingerprint density at radius 3 is 2.00 bits per heavy atom. The quantitative estimate of drug-likeness (QED) is 0.728. The molecular weight excluding hydrogens is 166 g/mol. The molecule has 0 aliphatic heterocycles. The first-order chi connectivity index (χ1) is 6.30. The van der Waals surface area contributed by atoms with Gasteiger partial charge in [0.05, 0.1) is 0 Å². The van der Waals surface area contributed by atoms with Gasteiger partial charge in [-0.1, -0.05) is 33.8 Å². The molecule has 0 aromatic carbocycles. The van der Waals surface area contributed by atoms with E-state index in [0.29, 0.717) is 0 Å². The molecule has 0 aliphatic carbocycles. The van der Waals surface area contributed by atoms with Gasteiger partial charge in [0, 0.05) is 6.20 Å². The topological polar surface area (TPSA) is 50.2 Å². The Balaban J connectivity index is 0. The minimum Gasteiger partial charge on any atom is -0.477 e. The molecule has 1 N–H and O–H groups in total. The Morgan fingerprint density at radius 2 is 1.77 bits per heavy atom. The maximum atomic E-state index is 10.1. The fraction of sp³-hybridized carbons (Fsp3) is 0.400. The number of rotatable bonds is 1. The van der Waals surface area contributed by atoms with Gasteiger partial charge in [0.25, 0.3) is 0 Å².